The molecule has 3 rings (SSSR count). The number of carbonyl (C=O) groups is 3. The van der Waals surface area contributed by atoms with E-state index in [1.54, 1.807) is 49.6 Å². The zero-order valence-electron chi connectivity index (χ0n) is 17.9. The Labute approximate surface area is 186 Å². The predicted molar refractivity (Wildman–Crippen MR) is 122 cm³/mol. The van der Waals surface area contributed by atoms with Crippen LogP contribution in [0.1, 0.15) is 29.3 Å². The second kappa shape index (κ2) is 10.8. The highest BCUT2D eigenvalue weighted by Gasteiger charge is 2.12. The maximum absolute atomic E-state index is 12.7. The summed E-state index contributed by atoms with van der Waals surface area (Å²) in [5, 5.41) is 5.64. The highest BCUT2D eigenvalue weighted by atomic mass is 16.5. The van der Waals surface area contributed by atoms with E-state index in [0.717, 1.165) is 11.3 Å². The fourth-order valence-electron chi connectivity index (χ4n) is 3.03. The van der Waals surface area contributed by atoms with E-state index in [-0.39, 0.29) is 17.6 Å². The third-order valence-electron chi connectivity index (χ3n) is 4.61. The molecule has 3 aromatic rings. The average molecular weight is 432 g/mol. The van der Waals surface area contributed by atoms with Crippen molar-refractivity contribution in [1.82, 2.24) is 0 Å². The third kappa shape index (κ3) is 6.43. The Hall–Kier alpha value is -4.13. The van der Waals surface area contributed by atoms with Crippen LogP contribution in [0.4, 0.5) is 11.4 Å². The molecule has 3 aromatic carbocycles. The number of rotatable bonds is 8. The second-order valence-corrected chi connectivity index (χ2v) is 7.02. The van der Waals surface area contributed by atoms with Crippen LogP contribution in [-0.4, -0.2) is 24.9 Å². The van der Waals surface area contributed by atoms with Gasteiger partial charge in [-0.1, -0.05) is 30.3 Å². The van der Waals surface area contributed by atoms with Gasteiger partial charge in [0.05, 0.1) is 18.5 Å². The number of benzene rings is 3. The van der Waals surface area contributed by atoms with Gasteiger partial charge in [0.1, 0.15) is 11.5 Å². The van der Waals surface area contributed by atoms with Crippen LogP contribution in [-0.2, 0) is 16.0 Å². The zero-order valence-corrected chi connectivity index (χ0v) is 17.9. The van der Waals surface area contributed by atoms with E-state index in [4.69, 9.17) is 9.47 Å². The standard InChI is InChI=1S/C25H24N2O5/c1-17(28)32-21-7-5-6-19(16-21)25(30)27-23-9-4-3-8-22(23)26-24(29)15-12-18-10-13-20(31-2)14-11-18/h3-11,13-14,16H,12,15H2,1-2H3,(H,26,29)(H,27,30). The van der Waals surface area contributed by atoms with Crippen molar-refractivity contribution in [2.45, 2.75) is 19.8 Å². The summed E-state index contributed by atoms with van der Waals surface area (Å²) in [7, 11) is 1.61. The molecule has 164 valence electrons. The minimum absolute atomic E-state index is 0.167. The Kier molecular flexibility index (Phi) is 7.59. The Bertz CT molecular complexity index is 1110. The van der Waals surface area contributed by atoms with Crippen LogP contribution in [0.25, 0.3) is 0 Å². The topological polar surface area (TPSA) is 93.7 Å². The van der Waals surface area contributed by atoms with Gasteiger partial charge in [0.2, 0.25) is 5.91 Å². The van der Waals surface area contributed by atoms with Crippen molar-refractivity contribution in [3.63, 3.8) is 0 Å². The second-order valence-electron chi connectivity index (χ2n) is 7.02. The lowest BCUT2D eigenvalue weighted by Gasteiger charge is -2.13. The van der Waals surface area contributed by atoms with E-state index in [9.17, 15) is 14.4 Å². The molecule has 0 atom stereocenters. The zero-order chi connectivity index (χ0) is 22.9. The van der Waals surface area contributed by atoms with Crippen LogP contribution < -0.4 is 20.1 Å². The first-order valence-electron chi connectivity index (χ1n) is 10.1. The highest BCUT2D eigenvalue weighted by molar-refractivity contribution is 6.07. The smallest absolute Gasteiger partial charge is 0.308 e. The fraction of sp³-hybridized carbons (Fsp3) is 0.160. The molecular formula is C25H24N2O5. The normalized spacial score (nSPS) is 10.2. The molecule has 0 saturated carbocycles. The van der Waals surface area contributed by atoms with E-state index < -0.39 is 5.97 Å². The predicted octanol–water partition coefficient (Wildman–Crippen LogP) is 4.44. The van der Waals surface area contributed by atoms with E-state index in [0.29, 0.717) is 29.8 Å². The number of anilines is 2. The molecule has 2 amide bonds. The number of ether oxygens (including phenoxy) is 2. The lowest BCUT2D eigenvalue weighted by Crippen LogP contribution is -2.17. The molecule has 0 unspecified atom stereocenters. The van der Waals surface area contributed by atoms with Crippen molar-refractivity contribution in [2.24, 2.45) is 0 Å². The van der Waals surface area contributed by atoms with Crippen LogP contribution in [0.3, 0.4) is 0 Å². The average Bonchev–Trinajstić information content (AvgIpc) is 2.79. The summed E-state index contributed by atoms with van der Waals surface area (Å²) in [4.78, 5) is 36.3. The number of esters is 1. The van der Waals surface area contributed by atoms with Gasteiger partial charge in [-0.2, -0.15) is 0 Å². The van der Waals surface area contributed by atoms with Crippen molar-refractivity contribution in [3.8, 4) is 11.5 Å². The number of hydrogen-bond acceptors (Lipinski definition) is 5. The maximum Gasteiger partial charge on any atom is 0.308 e. The lowest BCUT2D eigenvalue weighted by molar-refractivity contribution is -0.131. The van der Waals surface area contributed by atoms with E-state index >= 15 is 0 Å². The number of aryl methyl sites for hydroxylation is 1. The molecule has 0 spiro atoms. The molecular weight excluding hydrogens is 408 g/mol. The number of hydrogen-bond donors (Lipinski definition) is 2. The fourth-order valence-corrected chi connectivity index (χ4v) is 3.03. The molecule has 0 fully saturated rings. The van der Waals surface area contributed by atoms with E-state index in [1.165, 1.54) is 13.0 Å². The van der Waals surface area contributed by atoms with Gasteiger partial charge in [-0.15, -0.1) is 0 Å². The van der Waals surface area contributed by atoms with E-state index in [2.05, 4.69) is 10.6 Å². The Morgan fingerprint density at radius 3 is 2.16 bits per heavy atom. The van der Waals surface area contributed by atoms with Crippen molar-refractivity contribution < 1.29 is 23.9 Å². The minimum atomic E-state index is -0.467. The maximum atomic E-state index is 12.7. The quantitative estimate of drug-likeness (QED) is 0.405. The van der Waals surface area contributed by atoms with Gasteiger partial charge in [0.15, 0.2) is 0 Å². The van der Waals surface area contributed by atoms with Crippen LogP contribution in [0.15, 0.2) is 72.8 Å². The molecule has 32 heavy (non-hydrogen) atoms. The summed E-state index contributed by atoms with van der Waals surface area (Å²) >= 11 is 0. The molecule has 7 heteroatoms. The number of para-hydroxylation sites is 2. The van der Waals surface area contributed by atoms with Gasteiger partial charge in [0.25, 0.3) is 5.91 Å². The van der Waals surface area contributed by atoms with Crippen molar-refractivity contribution in [2.75, 3.05) is 17.7 Å². The molecule has 0 aliphatic carbocycles. The summed E-state index contributed by atoms with van der Waals surface area (Å²) in [5.41, 5.74) is 2.31. The van der Waals surface area contributed by atoms with Crippen molar-refractivity contribution in [3.05, 3.63) is 83.9 Å². The summed E-state index contributed by atoms with van der Waals surface area (Å²) < 4.78 is 10.2. The molecule has 7 nitrogen and oxygen atoms in total. The van der Waals surface area contributed by atoms with Gasteiger partial charge in [0, 0.05) is 18.9 Å². The first kappa shape index (κ1) is 22.6. The number of nitrogens with one attached hydrogen (secondary N) is 2. The monoisotopic (exact) mass is 432 g/mol. The largest absolute Gasteiger partial charge is 0.497 e. The van der Waals surface area contributed by atoms with Gasteiger partial charge in [-0.3, -0.25) is 14.4 Å². The summed E-state index contributed by atoms with van der Waals surface area (Å²) in [6.45, 7) is 1.29. The lowest BCUT2D eigenvalue weighted by atomic mass is 10.1. The summed E-state index contributed by atoms with van der Waals surface area (Å²) in [6, 6.07) is 20.8. The molecule has 0 heterocycles. The van der Waals surface area contributed by atoms with Crippen LogP contribution in [0, 0.1) is 0 Å². The first-order valence-corrected chi connectivity index (χ1v) is 10.1. The molecule has 2 N–H and O–H groups in total. The molecule has 0 aliphatic rings. The van der Waals surface area contributed by atoms with Gasteiger partial charge >= 0.3 is 5.97 Å². The third-order valence-corrected chi connectivity index (χ3v) is 4.61. The van der Waals surface area contributed by atoms with Gasteiger partial charge in [-0.05, 0) is 54.4 Å². The highest BCUT2D eigenvalue weighted by Crippen LogP contribution is 2.23. The van der Waals surface area contributed by atoms with E-state index in [1.807, 2.05) is 24.3 Å². The molecule has 0 saturated heterocycles. The van der Waals surface area contributed by atoms with Gasteiger partial charge in [-0.25, -0.2) is 0 Å². The van der Waals surface area contributed by atoms with Gasteiger partial charge < -0.3 is 20.1 Å². The molecule has 0 aliphatic heterocycles. The Morgan fingerprint density at radius 2 is 1.50 bits per heavy atom. The minimum Gasteiger partial charge on any atom is -0.497 e. The Balaban J connectivity index is 1.63. The first-order chi connectivity index (χ1) is 15.4. The molecule has 0 aromatic heterocycles. The number of methoxy groups -OCH3 is 1. The summed E-state index contributed by atoms with van der Waals surface area (Å²) in [5.74, 6) is 0.0232. The molecule has 0 bridgehead atoms. The number of carbonyl (C=O) groups excluding carboxylic acids is 3. The number of amides is 2. The van der Waals surface area contributed by atoms with Crippen molar-refractivity contribution >= 4 is 29.2 Å². The summed E-state index contributed by atoms with van der Waals surface area (Å²) in [6.07, 6.45) is 0.867. The van der Waals surface area contributed by atoms with Crippen LogP contribution in [0.5, 0.6) is 11.5 Å². The Morgan fingerprint density at radius 1 is 0.812 bits per heavy atom. The van der Waals surface area contributed by atoms with Crippen LogP contribution in [0.2, 0.25) is 0 Å². The van der Waals surface area contributed by atoms with Crippen LogP contribution >= 0.6 is 0 Å². The van der Waals surface area contributed by atoms with Crippen molar-refractivity contribution in [1.29, 1.82) is 0 Å². The SMILES string of the molecule is COc1ccc(CCC(=O)Nc2ccccc2NC(=O)c2cccc(OC(C)=O)c2)cc1. The molecule has 0 radical (unpaired) electrons.